The Balaban J connectivity index is 1.90. The number of benzene rings is 1. The fourth-order valence-corrected chi connectivity index (χ4v) is 5.17. The molecule has 0 spiro atoms. The summed E-state index contributed by atoms with van der Waals surface area (Å²) in [6.45, 7) is 2.07. The molecule has 3 rings (SSSR count). The molecule has 2 fully saturated rings. The molecule has 0 atom stereocenters. The molecule has 7 heteroatoms. The first kappa shape index (κ1) is 14.3. The van der Waals surface area contributed by atoms with Crippen LogP contribution < -0.4 is 5.73 Å². The van der Waals surface area contributed by atoms with Gasteiger partial charge in [-0.25, -0.2) is 8.42 Å². The van der Waals surface area contributed by atoms with E-state index in [1.54, 1.807) is 19.1 Å². The van der Waals surface area contributed by atoms with E-state index in [-0.39, 0.29) is 23.9 Å². The van der Waals surface area contributed by atoms with Crippen molar-refractivity contribution < 1.29 is 13.5 Å². The van der Waals surface area contributed by atoms with E-state index in [1.807, 2.05) is 0 Å². The number of nitrogen functional groups attached to an aromatic ring is 1. The van der Waals surface area contributed by atoms with Crippen molar-refractivity contribution in [2.75, 3.05) is 18.8 Å². The van der Waals surface area contributed by atoms with Crippen molar-refractivity contribution in [3.05, 3.63) is 22.2 Å². The molecule has 5 nitrogen and oxygen atoms in total. The maximum Gasteiger partial charge on any atom is 0.243 e. The van der Waals surface area contributed by atoms with Crippen LogP contribution in [0.1, 0.15) is 18.4 Å². The third kappa shape index (κ3) is 2.16. The van der Waals surface area contributed by atoms with Crippen LogP contribution in [0.3, 0.4) is 0 Å². The molecule has 0 bridgehead atoms. The van der Waals surface area contributed by atoms with Crippen LogP contribution in [0.4, 0.5) is 5.69 Å². The number of aliphatic hydroxyl groups is 1. The highest BCUT2D eigenvalue weighted by Crippen LogP contribution is 2.46. The zero-order valence-corrected chi connectivity index (χ0v) is 13.5. The van der Waals surface area contributed by atoms with E-state index in [0.717, 1.165) is 12.8 Å². The van der Waals surface area contributed by atoms with Crippen molar-refractivity contribution in [1.82, 2.24) is 4.31 Å². The number of rotatable bonds is 3. The SMILES string of the molecule is Cc1c(N)cc(Br)cc1S(=O)(=O)N1CC(O)(C2CC2)C1. The number of β-amino-alcohol motifs (C(OH)–C–C–N with tert-alkyl or cyclic N) is 1. The van der Waals surface area contributed by atoms with Gasteiger partial charge in [0.15, 0.2) is 0 Å². The number of hydrogen-bond acceptors (Lipinski definition) is 4. The predicted molar refractivity (Wildman–Crippen MR) is 79.7 cm³/mol. The molecule has 3 N–H and O–H groups in total. The van der Waals surface area contributed by atoms with Gasteiger partial charge in [-0.1, -0.05) is 15.9 Å². The van der Waals surface area contributed by atoms with E-state index in [1.165, 1.54) is 4.31 Å². The molecule has 1 saturated carbocycles. The molecule has 1 aromatic carbocycles. The first-order valence-electron chi connectivity index (χ1n) is 6.52. The second-order valence-electron chi connectivity index (χ2n) is 5.77. The van der Waals surface area contributed by atoms with E-state index >= 15 is 0 Å². The fraction of sp³-hybridized carbons (Fsp3) is 0.538. The molecule has 1 aromatic rings. The van der Waals surface area contributed by atoms with Gasteiger partial charge in [0.2, 0.25) is 10.0 Å². The van der Waals surface area contributed by atoms with Crippen molar-refractivity contribution in [2.24, 2.45) is 5.92 Å². The van der Waals surface area contributed by atoms with Crippen LogP contribution in [-0.4, -0.2) is 36.5 Å². The quantitative estimate of drug-likeness (QED) is 0.799. The highest BCUT2D eigenvalue weighted by Gasteiger charge is 2.55. The number of nitrogens with zero attached hydrogens (tertiary/aromatic N) is 1. The molecular formula is C13H17BrN2O3S. The Kier molecular flexibility index (Phi) is 3.17. The Morgan fingerprint density at radius 2 is 2.00 bits per heavy atom. The van der Waals surface area contributed by atoms with Crippen molar-refractivity contribution in [2.45, 2.75) is 30.3 Å². The van der Waals surface area contributed by atoms with Gasteiger partial charge < -0.3 is 10.8 Å². The zero-order chi connectivity index (χ0) is 14.7. The molecule has 0 aromatic heterocycles. The van der Waals surface area contributed by atoms with Crippen LogP contribution in [0.2, 0.25) is 0 Å². The largest absolute Gasteiger partial charge is 0.398 e. The van der Waals surface area contributed by atoms with Crippen molar-refractivity contribution >= 4 is 31.6 Å². The van der Waals surface area contributed by atoms with E-state index in [2.05, 4.69) is 15.9 Å². The van der Waals surface area contributed by atoms with Gasteiger partial charge in [0.1, 0.15) is 0 Å². The van der Waals surface area contributed by atoms with Gasteiger partial charge >= 0.3 is 0 Å². The summed E-state index contributed by atoms with van der Waals surface area (Å²) in [6.07, 6.45) is 1.99. The number of nitrogens with two attached hydrogens (primary N) is 1. The van der Waals surface area contributed by atoms with Gasteiger partial charge in [-0.15, -0.1) is 0 Å². The van der Waals surface area contributed by atoms with E-state index in [0.29, 0.717) is 15.7 Å². The highest BCUT2D eigenvalue weighted by atomic mass is 79.9. The molecule has 1 heterocycles. The maximum absolute atomic E-state index is 12.6. The van der Waals surface area contributed by atoms with Crippen molar-refractivity contribution in [1.29, 1.82) is 0 Å². The summed E-state index contributed by atoms with van der Waals surface area (Å²) in [7, 11) is -3.59. The minimum absolute atomic E-state index is 0.186. The monoisotopic (exact) mass is 360 g/mol. The lowest BCUT2D eigenvalue weighted by molar-refractivity contribution is -0.0764. The van der Waals surface area contributed by atoms with E-state index in [4.69, 9.17) is 5.73 Å². The van der Waals surface area contributed by atoms with Crippen LogP contribution >= 0.6 is 15.9 Å². The third-order valence-corrected chi connectivity index (χ3v) is 6.60. The van der Waals surface area contributed by atoms with Crippen LogP contribution in [-0.2, 0) is 10.0 Å². The summed E-state index contributed by atoms with van der Waals surface area (Å²) in [6, 6.07) is 3.25. The molecule has 20 heavy (non-hydrogen) atoms. The average Bonchev–Trinajstić information content (AvgIpc) is 3.13. The molecule has 110 valence electrons. The Morgan fingerprint density at radius 3 is 2.55 bits per heavy atom. The van der Waals surface area contributed by atoms with Gasteiger partial charge in [-0.05, 0) is 43.4 Å². The van der Waals surface area contributed by atoms with E-state index in [9.17, 15) is 13.5 Å². The number of sulfonamides is 1. The maximum atomic E-state index is 12.6. The molecule has 1 saturated heterocycles. The molecule has 1 aliphatic heterocycles. The predicted octanol–water partition coefficient (Wildman–Crippen LogP) is 1.49. The lowest BCUT2D eigenvalue weighted by atomic mass is 9.91. The van der Waals surface area contributed by atoms with Crippen LogP contribution in [0, 0.1) is 12.8 Å². The Hall–Kier alpha value is -0.630. The normalized spacial score (nSPS) is 22.6. The summed E-state index contributed by atoms with van der Waals surface area (Å²) in [5.74, 6) is 0.266. The first-order chi connectivity index (χ1) is 9.24. The second-order valence-corrected chi connectivity index (χ2v) is 8.59. The lowest BCUT2D eigenvalue weighted by Crippen LogP contribution is -2.64. The number of anilines is 1. The summed E-state index contributed by atoms with van der Waals surface area (Å²) in [5, 5.41) is 10.3. The van der Waals surface area contributed by atoms with E-state index < -0.39 is 15.6 Å². The first-order valence-corrected chi connectivity index (χ1v) is 8.75. The Morgan fingerprint density at radius 1 is 1.40 bits per heavy atom. The molecule has 1 aliphatic carbocycles. The van der Waals surface area contributed by atoms with Gasteiger partial charge in [-0.2, -0.15) is 4.31 Å². The Bertz CT molecular complexity index is 664. The highest BCUT2D eigenvalue weighted by molar-refractivity contribution is 9.10. The number of halogens is 1. The lowest BCUT2D eigenvalue weighted by Gasteiger charge is -2.45. The minimum Gasteiger partial charge on any atom is -0.398 e. The van der Waals surface area contributed by atoms with Crippen LogP contribution in [0.5, 0.6) is 0 Å². The second kappa shape index (κ2) is 4.43. The summed E-state index contributed by atoms with van der Waals surface area (Å²) >= 11 is 3.27. The van der Waals surface area contributed by atoms with Gasteiger partial charge in [0, 0.05) is 23.2 Å². The van der Waals surface area contributed by atoms with Gasteiger partial charge in [0.05, 0.1) is 10.5 Å². The fourth-order valence-electron chi connectivity index (χ4n) is 2.69. The standard InChI is InChI=1S/C13H17BrN2O3S/c1-8-11(15)4-10(14)5-12(8)20(18,19)16-6-13(17,7-16)9-2-3-9/h4-5,9,17H,2-3,6-7,15H2,1H3. The molecule has 0 unspecified atom stereocenters. The third-order valence-electron chi connectivity index (χ3n) is 4.22. The summed E-state index contributed by atoms with van der Waals surface area (Å²) in [4.78, 5) is 0.210. The molecule has 0 radical (unpaired) electrons. The Labute approximate surface area is 126 Å². The summed E-state index contributed by atoms with van der Waals surface area (Å²) in [5.41, 5.74) is 6.00. The zero-order valence-electron chi connectivity index (χ0n) is 11.1. The minimum atomic E-state index is -3.59. The number of hydrogen-bond donors (Lipinski definition) is 2. The van der Waals surface area contributed by atoms with Crippen LogP contribution in [0.15, 0.2) is 21.5 Å². The average molecular weight is 361 g/mol. The molecular weight excluding hydrogens is 344 g/mol. The molecule has 2 aliphatic rings. The van der Waals surface area contributed by atoms with Crippen LogP contribution in [0.25, 0.3) is 0 Å². The topological polar surface area (TPSA) is 83.6 Å². The van der Waals surface area contributed by atoms with Crippen molar-refractivity contribution in [3.8, 4) is 0 Å². The smallest absolute Gasteiger partial charge is 0.243 e. The van der Waals surface area contributed by atoms with Gasteiger partial charge in [-0.3, -0.25) is 0 Å². The van der Waals surface area contributed by atoms with Gasteiger partial charge in [0.25, 0.3) is 0 Å². The van der Waals surface area contributed by atoms with Crippen molar-refractivity contribution in [3.63, 3.8) is 0 Å². The molecule has 0 amide bonds. The summed E-state index contributed by atoms with van der Waals surface area (Å²) < 4.78 is 27.2.